The van der Waals surface area contributed by atoms with Crippen molar-refractivity contribution in [3.8, 4) is 0 Å². The first-order valence-electron chi connectivity index (χ1n) is 8.46. The standard InChI is InChI=1S/C17H26N4O2/c1-17(2,3)13-10-21-9-12(6-7-14(21)19-13)18-15(22)11-20-8-4-5-16(20)23/h10,12H,4-9,11H2,1-3H3,(H,18,22)/t12-/m0/s1. The van der Waals surface area contributed by atoms with Crippen LogP contribution in [0.5, 0.6) is 0 Å². The molecule has 1 aromatic rings. The topological polar surface area (TPSA) is 67.2 Å². The molecule has 0 aliphatic carbocycles. The highest BCUT2D eigenvalue weighted by molar-refractivity contribution is 5.85. The van der Waals surface area contributed by atoms with Crippen molar-refractivity contribution >= 4 is 11.8 Å². The Morgan fingerprint density at radius 1 is 1.39 bits per heavy atom. The van der Waals surface area contributed by atoms with Crippen LogP contribution in [0.1, 0.15) is 51.6 Å². The molecule has 6 heteroatoms. The molecule has 0 radical (unpaired) electrons. The van der Waals surface area contributed by atoms with Crippen molar-refractivity contribution < 1.29 is 9.59 Å². The third-order valence-corrected chi connectivity index (χ3v) is 4.63. The Labute approximate surface area is 137 Å². The monoisotopic (exact) mass is 318 g/mol. The molecule has 1 atom stereocenters. The van der Waals surface area contributed by atoms with E-state index in [2.05, 4.69) is 36.9 Å². The summed E-state index contributed by atoms with van der Waals surface area (Å²) < 4.78 is 2.16. The van der Waals surface area contributed by atoms with Crippen LogP contribution >= 0.6 is 0 Å². The maximum atomic E-state index is 12.2. The molecule has 126 valence electrons. The zero-order valence-electron chi connectivity index (χ0n) is 14.3. The fourth-order valence-electron chi connectivity index (χ4n) is 3.24. The van der Waals surface area contributed by atoms with E-state index < -0.39 is 0 Å². The summed E-state index contributed by atoms with van der Waals surface area (Å²) in [6, 6.07) is 0.120. The number of fused-ring (bicyclic) bond motifs is 1. The van der Waals surface area contributed by atoms with Crippen LogP contribution in [0.15, 0.2) is 6.20 Å². The highest BCUT2D eigenvalue weighted by atomic mass is 16.2. The predicted octanol–water partition coefficient (Wildman–Crippen LogP) is 1.23. The van der Waals surface area contributed by atoms with Gasteiger partial charge in [0.2, 0.25) is 11.8 Å². The molecule has 0 aromatic carbocycles. The third-order valence-electron chi connectivity index (χ3n) is 4.63. The van der Waals surface area contributed by atoms with Crippen LogP contribution in [0.2, 0.25) is 0 Å². The molecule has 3 rings (SSSR count). The Hall–Kier alpha value is -1.85. The molecule has 1 aromatic heterocycles. The number of nitrogens with one attached hydrogen (secondary N) is 1. The number of aryl methyl sites for hydroxylation is 1. The van der Waals surface area contributed by atoms with E-state index in [1.54, 1.807) is 4.90 Å². The van der Waals surface area contributed by atoms with Crippen molar-refractivity contribution in [3.63, 3.8) is 0 Å². The van der Waals surface area contributed by atoms with Crippen LogP contribution in [0, 0.1) is 0 Å². The molecule has 0 spiro atoms. The molecule has 2 amide bonds. The van der Waals surface area contributed by atoms with Gasteiger partial charge < -0.3 is 14.8 Å². The van der Waals surface area contributed by atoms with Crippen molar-refractivity contribution in [3.05, 3.63) is 17.7 Å². The SMILES string of the molecule is CC(C)(C)c1cn2c(n1)CC[C@H](NC(=O)CN1CCCC1=O)C2. The van der Waals surface area contributed by atoms with Crippen LogP contribution in [0.3, 0.4) is 0 Å². The second-order valence-electron chi connectivity index (χ2n) is 7.67. The summed E-state index contributed by atoms with van der Waals surface area (Å²) >= 11 is 0. The average Bonchev–Trinajstić information content (AvgIpc) is 3.05. The molecule has 0 bridgehead atoms. The van der Waals surface area contributed by atoms with E-state index in [0.717, 1.165) is 37.3 Å². The van der Waals surface area contributed by atoms with Gasteiger partial charge in [-0.1, -0.05) is 20.8 Å². The summed E-state index contributed by atoms with van der Waals surface area (Å²) in [5.41, 5.74) is 1.14. The van der Waals surface area contributed by atoms with E-state index >= 15 is 0 Å². The van der Waals surface area contributed by atoms with Crippen LogP contribution in [0.25, 0.3) is 0 Å². The van der Waals surface area contributed by atoms with Crippen LogP contribution in [-0.2, 0) is 28.0 Å². The zero-order chi connectivity index (χ0) is 16.6. The van der Waals surface area contributed by atoms with Crippen LogP contribution in [0.4, 0.5) is 0 Å². The minimum Gasteiger partial charge on any atom is -0.350 e. The quantitative estimate of drug-likeness (QED) is 0.911. The van der Waals surface area contributed by atoms with Gasteiger partial charge >= 0.3 is 0 Å². The van der Waals surface area contributed by atoms with Crippen molar-refractivity contribution in [1.29, 1.82) is 0 Å². The highest BCUT2D eigenvalue weighted by Crippen LogP contribution is 2.24. The van der Waals surface area contributed by atoms with E-state index in [4.69, 9.17) is 4.98 Å². The molecule has 0 saturated carbocycles. The van der Waals surface area contributed by atoms with Gasteiger partial charge in [-0.15, -0.1) is 0 Å². The second-order valence-corrected chi connectivity index (χ2v) is 7.67. The summed E-state index contributed by atoms with van der Waals surface area (Å²) in [7, 11) is 0. The Morgan fingerprint density at radius 2 is 2.17 bits per heavy atom. The van der Waals surface area contributed by atoms with Crippen LogP contribution in [-0.4, -0.2) is 45.4 Å². The minimum atomic E-state index is -0.0511. The van der Waals surface area contributed by atoms with Gasteiger partial charge in [0.05, 0.1) is 12.2 Å². The van der Waals surface area contributed by atoms with Gasteiger partial charge in [-0.2, -0.15) is 0 Å². The Morgan fingerprint density at radius 3 is 2.83 bits per heavy atom. The number of likely N-dealkylation sites (tertiary alicyclic amines) is 1. The number of carbonyl (C=O) groups is 2. The van der Waals surface area contributed by atoms with E-state index in [0.29, 0.717) is 13.0 Å². The van der Waals surface area contributed by atoms with Gasteiger partial charge in [-0.3, -0.25) is 9.59 Å². The highest BCUT2D eigenvalue weighted by Gasteiger charge is 2.27. The minimum absolute atomic E-state index is 0.0409. The van der Waals surface area contributed by atoms with Gasteiger partial charge in [-0.25, -0.2) is 4.98 Å². The molecular formula is C17H26N4O2. The first-order valence-corrected chi connectivity index (χ1v) is 8.46. The first-order chi connectivity index (χ1) is 10.8. The maximum Gasteiger partial charge on any atom is 0.239 e. The molecule has 0 unspecified atom stereocenters. The molecule has 23 heavy (non-hydrogen) atoms. The summed E-state index contributed by atoms with van der Waals surface area (Å²) in [6.45, 7) is 8.14. The smallest absolute Gasteiger partial charge is 0.239 e. The first kappa shape index (κ1) is 16.0. The molecule has 2 aliphatic heterocycles. The fourth-order valence-corrected chi connectivity index (χ4v) is 3.24. The molecule has 1 fully saturated rings. The normalized spacial score (nSPS) is 21.4. The third kappa shape index (κ3) is 3.57. The number of imidazole rings is 1. The maximum absolute atomic E-state index is 12.2. The van der Waals surface area contributed by atoms with E-state index in [9.17, 15) is 9.59 Å². The summed E-state index contributed by atoms with van der Waals surface area (Å²) in [5.74, 6) is 1.15. The average molecular weight is 318 g/mol. The Bertz CT molecular complexity index is 615. The lowest BCUT2D eigenvalue weighted by molar-refractivity contribution is -0.133. The summed E-state index contributed by atoms with van der Waals surface area (Å²) in [4.78, 5) is 30.1. The van der Waals surface area contributed by atoms with Gasteiger partial charge in [0.25, 0.3) is 0 Å². The molecule has 3 heterocycles. The number of amides is 2. The number of hydrogen-bond donors (Lipinski definition) is 1. The number of rotatable bonds is 3. The molecule has 1 saturated heterocycles. The van der Waals surface area contributed by atoms with Gasteiger partial charge in [0.15, 0.2) is 0 Å². The lowest BCUT2D eigenvalue weighted by Gasteiger charge is -2.25. The Kier molecular flexibility index (Phi) is 4.17. The lowest BCUT2D eigenvalue weighted by atomic mass is 9.93. The molecular weight excluding hydrogens is 292 g/mol. The van der Waals surface area contributed by atoms with E-state index in [-0.39, 0.29) is 29.8 Å². The fraction of sp³-hybridized carbons (Fsp3) is 0.706. The number of hydrogen-bond acceptors (Lipinski definition) is 3. The van der Waals surface area contributed by atoms with Crippen molar-refractivity contribution in [2.75, 3.05) is 13.1 Å². The molecule has 6 nitrogen and oxygen atoms in total. The van der Waals surface area contributed by atoms with Crippen molar-refractivity contribution in [1.82, 2.24) is 19.8 Å². The second kappa shape index (κ2) is 5.98. The molecule has 1 N–H and O–H groups in total. The number of aromatic nitrogens is 2. The van der Waals surface area contributed by atoms with Crippen LogP contribution < -0.4 is 5.32 Å². The van der Waals surface area contributed by atoms with Gasteiger partial charge in [0, 0.05) is 43.6 Å². The van der Waals surface area contributed by atoms with Crippen molar-refractivity contribution in [2.45, 2.75) is 64.5 Å². The van der Waals surface area contributed by atoms with Gasteiger partial charge in [0.1, 0.15) is 5.82 Å². The van der Waals surface area contributed by atoms with E-state index in [1.165, 1.54) is 0 Å². The summed E-state index contributed by atoms with van der Waals surface area (Å²) in [5, 5.41) is 3.07. The largest absolute Gasteiger partial charge is 0.350 e. The number of carbonyl (C=O) groups excluding carboxylic acids is 2. The molecule has 2 aliphatic rings. The van der Waals surface area contributed by atoms with E-state index in [1.807, 2.05) is 0 Å². The number of nitrogens with zero attached hydrogens (tertiary/aromatic N) is 3. The lowest BCUT2D eigenvalue weighted by Crippen LogP contribution is -2.45. The zero-order valence-corrected chi connectivity index (χ0v) is 14.3. The summed E-state index contributed by atoms with van der Waals surface area (Å²) in [6.07, 6.45) is 5.33. The van der Waals surface area contributed by atoms with Gasteiger partial charge in [-0.05, 0) is 12.8 Å². The Balaban J connectivity index is 1.58. The predicted molar refractivity (Wildman–Crippen MR) is 87.0 cm³/mol. The van der Waals surface area contributed by atoms with Crippen molar-refractivity contribution in [2.24, 2.45) is 0 Å².